The topological polar surface area (TPSA) is 82.0 Å². The predicted octanol–water partition coefficient (Wildman–Crippen LogP) is 1.32. The zero-order valence-electron chi connectivity index (χ0n) is 9.28. The van der Waals surface area contributed by atoms with Gasteiger partial charge in [0.15, 0.2) is 0 Å². The van der Waals surface area contributed by atoms with E-state index in [0.717, 1.165) is 10.7 Å². The van der Waals surface area contributed by atoms with E-state index in [-0.39, 0.29) is 17.9 Å². The lowest BCUT2D eigenvalue weighted by Gasteiger charge is -2.14. The molecule has 1 aromatic rings. The van der Waals surface area contributed by atoms with Crippen molar-refractivity contribution >= 4 is 17.2 Å². The van der Waals surface area contributed by atoms with Crippen molar-refractivity contribution in [2.75, 3.05) is 0 Å². The summed E-state index contributed by atoms with van der Waals surface area (Å²) < 4.78 is 0. The van der Waals surface area contributed by atoms with E-state index in [1.54, 1.807) is 11.3 Å². The van der Waals surface area contributed by atoms with Gasteiger partial charge in [-0.1, -0.05) is 20.8 Å². The highest BCUT2D eigenvalue weighted by Crippen LogP contribution is 2.27. The molecule has 0 aliphatic heterocycles. The molecule has 0 aliphatic rings. The quantitative estimate of drug-likeness (QED) is 0.817. The first-order valence-electron chi connectivity index (χ1n) is 4.80. The van der Waals surface area contributed by atoms with Gasteiger partial charge in [-0.05, 0) is 0 Å². The molecule has 0 aliphatic carbocycles. The Hall–Kier alpha value is -0.940. The van der Waals surface area contributed by atoms with Gasteiger partial charge in [0, 0.05) is 17.2 Å². The molecule has 0 unspecified atom stereocenters. The Bertz CT molecular complexity index is 354. The summed E-state index contributed by atoms with van der Waals surface area (Å²) in [5.74, 6) is -0.396. The van der Waals surface area contributed by atoms with E-state index in [1.807, 2.05) is 5.38 Å². The minimum atomic E-state index is -0.396. The molecule has 0 radical (unpaired) electrons. The SMILES string of the molecule is CC(C)(C)c1nc([C@@H](N)CC(N)=O)cs1. The van der Waals surface area contributed by atoms with E-state index < -0.39 is 5.91 Å². The maximum atomic E-state index is 10.7. The molecular formula is C10H17N3OS. The fourth-order valence-corrected chi connectivity index (χ4v) is 2.09. The average molecular weight is 227 g/mol. The summed E-state index contributed by atoms with van der Waals surface area (Å²) in [4.78, 5) is 15.1. The minimum Gasteiger partial charge on any atom is -0.370 e. The van der Waals surface area contributed by atoms with Crippen molar-refractivity contribution in [2.24, 2.45) is 11.5 Å². The molecule has 0 spiro atoms. The first-order valence-corrected chi connectivity index (χ1v) is 5.68. The lowest BCUT2D eigenvalue weighted by atomic mass is 9.98. The summed E-state index contributed by atoms with van der Waals surface area (Å²) in [5, 5.41) is 2.92. The van der Waals surface area contributed by atoms with Crippen LogP contribution in [-0.2, 0) is 10.2 Å². The Kier molecular flexibility index (Phi) is 3.46. The van der Waals surface area contributed by atoms with Crippen LogP contribution in [-0.4, -0.2) is 10.9 Å². The van der Waals surface area contributed by atoms with Gasteiger partial charge < -0.3 is 11.5 Å². The van der Waals surface area contributed by atoms with Crippen LogP contribution in [0.5, 0.6) is 0 Å². The third-order valence-corrected chi connectivity index (χ3v) is 3.25. The molecule has 5 heteroatoms. The zero-order chi connectivity index (χ0) is 11.6. The van der Waals surface area contributed by atoms with Gasteiger partial charge in [0.1, 0.15) is 0 Å². The van der Waals surface area contributed by atoms with Gasteiger partial charge in [-0.2, -0.15) is 0 Å². The third-order valence-electron chi connectivity index (χ3n) is 1.96. The summed E-state index contributed by atoms with van der Waals surface area (Å²) in [7, 11) is 0. The van der Waals surface area contributed by atoms with Crippen LogP contribution in [0.25, 0.3) is 0 Å². The summed E-state index contributed by atoms with van der Waals surface area (Å²) >= 11 is 1.57. The van der Waals surface area contributed by atoms with Crippen LogP contribution in [0.2, 0.25) is 0 Å². The number of carbonyl (C=O) groups excluding carboxylic acids is 1. The van der Waals surface area contributed by atoms with Crippen molar-refractivity contribution in [3.8, 4) is 0 Å². The average Bonchev–Trinajstić information content (AvgIpc) is 2.48. The maximum Gasteiger partial charge on any atom is 0.219 e. The number of rotatable bonds is 3. The zero-order valence-corrected chi connectivity index (χ0v) is 10.1. The molecule has 0 saturated carbocycles. The van der Waals surface area contributed by atoms with E-state index in [0.29, 0.717) is 0 Å². The summed E-state index contributed by atoms with van der Waals surface area (Å²) in [5.41, 5.74) is 11.7. The van der Waals surface area contributed by atoms with Gasteiger partial charge in [-0.3, -0.25) is 4.79 Å². The number of amides is 1. The van der Waals surface area contributed by atoms with Crippen LogP contribution in [0.3, 0.4) is 0 Å². The van der Waals surface area contributed by atoms with E-state index in [9.17, 15) is 4.79 Å². The first kappa shape index (κ1) is 12.1. The lowest BCUT2D eigenvalue weighted by molar-refractivity contribution is -0.118. The molecule has 0 fully saturated rings. The maximum absolute atomic E-state index is 10.7. The van der Waals surface area contributed by atoms with Gasteiger partial charge >= 0.3 is 0 Å². The number of nitrogens with zero attached hydrogens (tertiary/aromatic N) is 1. The lowest BCUT2D eigenvalue weighted by Crippen LogP contribution is -2.21. The molecular weight excluding hydrogens is 210 g/mol. The Morgan fingerprint density at radius 2 is 2.20 bits per heavy atom. The van der Waals surface area contributed by atoms with Crippen LogP contribution in [0.4, 0.5) is 0 Å². The van der Waals surface area contributed by atoms with Crippen LogP contribution in [0.15, 0.2) is 5.38 Å². The van der Waals surface area contributed by atoms with Gasteiger partial charge in [0.2, 0.25) is 5.91 Å². The minimum absolute atomic E-state index is 0.0232. The summed E-state index contributed by atoms with van der Waals surface area (Å²) in [6.07, 6.45) is 0.146. The summed E-state index contributed by atoms with van der Waals surface area (Å²) in [6.45, 7) is 6.28. The highest BCUT2D eigenvalue weighted by molar-refractivity contribution is 7.09. The van der Waals surface area contributed by atoms with Gasteiger partial charge in [-0.25, -0.2) is 4.98 Å². The van der Waals surface area contributed by atoms with Crippen molar-refractivity contribution in [1.29, 1.82) is 0 Å². The Balaban J connectivity index is 2.80. The van der Waals surface area contributed by atoms with Crippen LogP contribution in [0, 0.1) is 0 Å². The molecule has 1 rings (SSSR count). The largest absolute Gasteiger partial charge is 0.370 e. The smallest absolute Gasteiger partial charge is 0.219 e. The molecule has 84 valence electrons. The monoisotopic (exact) mass is 227 g/mol. The van der Waals surface area contributed by atoms with Crippen molar-refractivity contribution < 1.29 is 4.79 Å². The second kappa shape index (κ2) is 4.28. The van der Waals surface area contributed by atoms with Crippen molar-refractivity contribution in [1.82, 2.24) is 4.98 Å². The number of thiazole rings is 1. The highest BCUT2D eigenvalue weighted by Gasteiger charge is 2.20. The standard InChI is InChI=1S/C10H17N3OS/c1-10(2,3)9-13-7(5-15-9)6(11)4-8(12)14/h5-6H,4,11H2,1-3H3,(H2,12,14)/t6-/m0/s1. The Morgan fingerprint density at radius 1 is 1.60 bits per heavy atom. The number of primary amides is 1. The van der Waals surface area contributed by atoms with Crippen LogP contribution >= 0.6 is 11.3 Å². The second-order valence-corrected chi connectivity index (χ2v) is 5.46. The van der Waals surface area contributed by atoms with Crippen LogP contribution < -0.4 is 11.5 Å². The fraction of sp³-hybridized carbons (Fsp3) is 0.600. The molecule has 4 N–H and O–H groups in total. The molecule has 1 aromatic heterocycles. The van der Waals surface area contributed by atoms with Crippen molar-refractivity contribution in [3.63, 3.8) is 0 Å². The van der Waals surface area contributed by atoms with E-state index in [2.05, 4.69) is 25.8 Å². The summed E-state index contributed by atoms with van der Waals surface area (Å²) in [6, 6.07) is -0.380. The van der Waals surface area contributed by atoms with E-state index >= 15 is 0 Å². The van der Waals surface area contributed by atoms with Crippen molar-refractivity contribution in [3.05, 3.63) is 16.1 Å². The van der Waals surface area contributed by atoms with E-state index in [1.165, 1.54) is 0 Å². The number of hydrogen-bond acceptors (Lipinski definition) is 4. The number of aromatic nitrogens is 1. The third kappa shape index (κ3) is 3.28. The van der Waals surface area contributed by atoms with Crippen LogP contribution in [0.1, 0.15) is 43.9 Å². The molecule has 4 nitrogen and oxygen atoms in total. The van der Waals surface area contributed by atoms with Gasteiger partial charge in [0.05, 0.1) is 16.7 Å². The Morgan fingerprint density at radius 3 is 2.60 bits per heavy atom. The molecule has 1 atom stereocenters. The van der Waals surface area contributed by atoms with Gasteiger partial charge in [0.25, 0.3) is 0 Å². The highest BCUT2D eigenvalue weighted by atomic mass is 32.1. The molecule has 0 saturated heterocycles. The van der Waals surface area contributed by atoms with Gasteiger partial charge in [-0.15, -0.1) is 11.3 Å². The normalized spacial score (nSPS) is 13.9. The van der Waals surface area contributed by atoms with Crippen molar-refractivity contribution in [2.45, 2.75) is 38.6 Å². The Labute approximate surface area is 93.7 Å². The number of nitrogens with two attached hydrogens (primary N) is 2. The van der Waals surface area contributed by atoms with E-state index in [4.69, 9.17) is 11.5 Å². The molecule has 1 heterocycles. The number of hydrogen-bond donors (Lipinski definition) is 2. The second-order valence-electron chi connectivity index (χ2n) is 4.60. The molecule has 1 amide bonds. The molecule has 0 bridgehead atoms. The predicted molar refractivity (Wildman–Crippen MR) is 61.6 cm³/mol. The number of carbonyl (C=O) groups is 1. The molecule has 0 aromatic carbocycles. The molecule has 15 heavy (non-hydrogen) atoms. The fourth-order valence-electron chi connectivity index (χ4n) is 1.12. The first-order chi connectivity index (χ1) is 6.80.